The first-order valence-corrected chi connectivity index (χ1v) is 4.06. The van der Waals surface area contributed by atoms with Crippen LogP contribution in [0.25, 0.3) is 16.5 Å². The number of aryl methyl sites for hydroxylation is 1. The van der Waals surface area contributed by atoms with Gasteiger partial charge in [0.2, 0.25) is 0 Å². The second-order valence-electron chi connectivity index (χ2n) is 2.45. The lowest BCUT2D eigenvalue weighted by molar-refractivity contribution is 0.660. The molecule has 0 unspecified atom stereocenters. The van der Waals surface area contributed by atoms with Crippen LogP contribution in [-0.4, -0.2) is 16.3 Å². The number of hydrogen-bond acceptors (Lipinski definition) is 2. The van der Waals surface area contributed by atoms with Crippen molar-refractivity contribution >= 4 is 6.08 Å². The Morgan fingerprint density at radius 3 is 3.23 bits per heavy atom. The van der Waals surface area contributed by atoms with Gasteiger partial charge in [-0.1, -0.05) is 17.3 Å². The standard InChI is InChI=1S/C8H11N5/c1-2-13-7-8(6-11-13)4-3-5-10-12-9/h3-4,6-7H,2,5H2,1H3. The van der Waals surface area contributed by atoms with Crippen LogP contribution in [0.15, 0.2) is 23.6 Å². The minimum Gasteiger partial charge on any atom is -0.272 e. The van der Waals surface area contributed by atoms with Gasteiger partial charge in [-0.15, -0.1) is 0 Å². The van der Waals surface area contributed by atoms with Gasteiger partial charge in [0.05, 0.1) is 6.20 Å². The van der Waals surface area contributed by atoms with Crippen LogP contribution in [0.4, 0.5) is 0 Å². The highest BCUT2D eigenvalue weighted by molar-refractivity contribution is 5.46. The van der Waals surface area contributed by atoms with Crippen molar-refractivity contribution in [1.29, 1.82) is 0 Å². The fourth-order valence-electron chi connectivity index (χ4n) is 0.911. The molecule has 0 radical (unpaired) electrons. The van der Waals surface area contributed by atoms with Gasteiger partial charge in [-0.3, -0.25) is 4.68 Å². The molecule has 0 aliphatic carbocycles. The van der Waals surface area contributed by atoms with Crippen LogP contribution < -0.4 is 0 Å². The Labute approximate surface area is 76.3 Å². The molecule has 0 aliphatic rings. The molecule has 5 nitrogen and oxygen atoms in total. The second-order valence-corrected chi connectivity index (χ2v) is 2.45. The Bertz CT molecular complexity index is 332. The monoisotopic (exact) mass is 177 g/mol. The molecule has 0 amide bonds. The van der Waals surface area contributed by atoms with Crippen LogP contribution in [0.1, 0.15) is 12.5 Å². The second kappa shape index (κ2) is 5.00. The molecule has 0 N–H and O–H groups in total. The SMILES string of the molecule is CCn1cc(C=CCN=[N+]=[N-])cn1. The van der Waals surface area contributed by atoms with Gasteiger partial charge >= 0.3 is 0 Å². The third-order valence-corrected chi connectivity index (χ3v) is 1.54. The van der Waals surface area contributed by atoms with E-state index in [1.54, 1.807) is 12.3 Å². The van der Waals surface area contributed by atoms with Crippen LogP contribution >= 0.6 is 0 Å². The number of hydrogen-bond donors (Lipinski definition) is 0. The lowest BCUT2D eigenvalue weighted by Gasteiger charge is -1.89. The fourth-order valence-corrected chi connectivity index (χ4v) is 0.911. The minimum absolute atomic E-state index is 0.383. The van der Waals surface area contributed by atoms with Gasteiger partial charge in [0.1, 0.15) is 0 Å². The van der Waals surface area contributed by atoms with E-state index in [0.717, 1.165) is 12.1 Å². The molecule has 68 valence electrons. The van der Waals surface area contributed by atoms with Crippen molar-refractivity contribution in [2.24, 2.45) is 5.11 Å². The van der Waals surface area contributed by atoms with E-state index >= 15 is 0 Å². The maximum atomic E-state index is 8.01. The van der Waals surface area contributed by atoms with Gasteiger partial charge in [0, 0.05) is 29.8 Å². The Hall–Kier alpha value is -1.74. The van der Waals surface area contributed by atoms with Gasteiger partial charge in [0.25, 0.3) is 0 Å². The van der Waals surface area contributed by atoms with E-state index in [0.29, 0.717) is 6.54 Å². The van der Waals surface area contributed by atoms with Gasteiger partial charge in [-0.05, 0) is 12.5 Å². The third kappa shape index (κ3) is 3.01. The maximum absolute atomic E-state index is 8.01. The van der Waals surface area contributed by atoms with Gasteiger partial charge < -0.3 is 0 Å². The molecular weight excluding hydrogens is 166 g/mol. The molecule has 1 heterocycles. The lowest BCUT2D eigenvalue weighted by Crippen LogP contribution is -1.91. The number of nitrogens with zero attached hydrogens (tertiary/aromatic N) is 5. The van der Waals surface area contributed by atoms with Gasteiger partial charge in [0.15, 0.2) is 0 Å². The summed E-state index contributed by atoms with van der Waals surface area (Å²) in [5, 5.41) is 7.48. The zero-order valence-electron chi connectivity index (χ0n) is 7.46. The van der Waals surface area contributed by atoms with E-state index in [4.69, 9.17) is 5.53 Å². The van der Waals surface area contributed by atoms with Crippen molar-refractivity contribution in [2.45, 2.75) is 13.5 Å². The fraction of sp³-hybridized carbons (Fsp3) is 0.375. The van der Waals surface area contributed by atoms with Crippen molar-refractivity contribution in [3.05, 3.63) is 34.5 Å². The molecule has 0 aliphatic heterocycles. The average Bonchev–Trinajstić information content (AvgIpc) is 2.60. The van der Waals surface area contributed by atoms with Crippen molar-refractivity contribution in [3.8, 4) is 0 Å². The zero-order valence-corrected chi connectivity index (χ0v) is 7.46. The quantitative estimate of drug-likeness (QED) is 0.395. The summed E-state index contributed by atoms with van der Waals surface area (Å²) >= 11 is 0. The van der Waals surface area contributed by atoms with Gasteiger partial charge in [-0.2, -0.15) is 5.10 Å². The van der Waals surface area contributed by atoms with Gasteiger partial charge in [-0.25, -0.2) is 0 Å². The summed E-state index contributed by atoms with van der Waals surface area (Å²) in [4.78, 5) is 2.64. The van der Waals surface area contributed by atoms with Crippen LogP contribution in [0.5, 0.6) is 0 Å². The summed E-state index contributed by atoms with van der Waals surface area (Å²) in [6.45, 7) is 3.28. The van der Waals surface area contributed by atoms with Crippen LogP contribution in [0, 0.1) is 0 Å². The Kier molecular flexibility index (Phi) is 3.60. The number of aromatic nitrogens is 2. The summed E-state index contributed by atoms with van der Waals surface area (Å²) in [5.74, 6) is 0. The summed E-state index contributed by atoms with van der Waals surface area (Å²) in [5.41, 5.74) is 9.04. The van der Waals surface area contributed by atoms with Crippen molar-refractivity contribution in [1.82, 2.24) is 9.78 Å². The molecule has 1 aromatic heterocycles. The summed E-state index contributed by atoms with van der Waals surface area (Å²) in [6.07, 6.45) is 7.40. The van der Waals surface area contributed by atoms with E-state index < -0.39 is 0 Å². The molecule has 1 aromatic rings. The molecule has 0 bridgehead atoms. The highest BCUT2D eigenvalue weighted by atomic mass is 15.3. The van der Waals surface area contributed by atoms with Crippen molar-refractivity contribution in [2.75, 3.05) is 6.54 Å². The van der Waals surface area contributed by atoms with Crippen molar-refractivity contribution in [3.63, 3.8) is 0 Å². The van der Waals surface area contributed by atoms with Crippen LogP contribution in [-0.2, 0) is 6.54 Å². The zero-order chi connectivity index (χ0) is 9.52. The molecule has 1 rings (SSSR count). The smallest absolute Gasteiger partial charge is 0.0562 e. The lowest BCUT2D eigenvalue weighted by atomic mass is 10.3. The minimum atomic E-state index is 0.383. The molecule has 0 atom stereocenters. The van der Waals surface area contributed by atoms with Crippen molar-refractivity contribution < 1.29 is 0 Å². The Morgan fingerprint density at radius 1 is 1.77 bits per heavy atom. The molecule has 0 aromatic carbocycles. The average molecular weight is 177 g/mol. The Morgan fingerprint density at radius 2 is 2.62 bits per heavy atom. The first kappa shape index (κ1) is 9.35. The molecule has 0 saturated carbocycles. The molecular formula is C8H11N5. The summed E-state index contributed by atoms with van der Waals surface area (Å²) < 4.78 is 1.84. The maximum Gasteiger partial charge on any atom is 0.0562 e. The third-order valence-electron chi connectivity index (χ3n) is 1.54. The summed E-state index contributed by atoms with van der Waals surface area (Å²) in [7, 11) is 0. The predicted molar refractivity (Wildman–Crippen MR) is 50.9 cm³/mol. The van der Waals surface area contributed by atoms with Crippen LogP contribution in [0.2, 0.25) is 0 Å². The van der Waals surface area contributed by atoms with E-state index in [1.165, 1.54) is 0 Å². The van der Waals surface area contributed by atoms with E-state index in [-0.39, 0.29) is 0 Å². The molecule has 0 saturated heterocycles. The van der Waals surface area contributed by atoms with E-state index in [1.807, 2.05) is 23.9 Å². The predicted octanol–water partition coefficient (Wildman–Crippen LogP) is 2.23. The molecule has 0 spiro atoms. The topological polar surface area (TPSA) is 66.6 Å². The number of azide groups is 1. The highest BCUT2D eigenvalue weighted by Crippen LogP contribution is 1.99. The highest BCUT2D eigenvalue weighted by Gasteiger charge is 1.90. The largest absolute Gasteiger partial charge is 0.272 e. The van der Waals surface area contributed by atoms with E-state index in [2.05, 4.69) is 15.1 Å². The number of rotatable bonds is 4. The first-order chi connectivity index (χ1) is 6.36. The van der Waals surface area contributed by atoms with E-state index in [9.17, 15) is 0 Å². The van der Waals surface area contributed by atoms with Crippen LogP contribution in [0.3, 0.4) is 0 Å². The molecule has 5 heteroatoms. The molecule has 13 heavy (non-hydrogen) atoms. The first-order valence-electron chi connectivity index (χ1n) is 4.06. The normalized spacial score (nSPS) is 10.2. The molecule has 0 fully saturated rings. The Balaban J connectivity index is 2.53. The summed E-state index contributed by atoms with van der Waals surface area (Å²) in [6, 6.07) is 0.